The van der Waals surface area contributed by atoms with Gasteiger partial charge in [-0.15, -0.1) is 0 Å². The van der Waals surface area contributed by atoms with Crippen LogP contribution in [0.15, 0.2) is 33.7 Å². The highest BCUT2D eigenvalue weighted by molar-refractivity contribution is 9.10. The zero-order chi connectivity index (χ0) is 15.4. The molecule has 0 saturated heterocycles. The zero-order valence-electron chi connectivity index (χ0n) is 11.4. The normalized spacial score (nSPS) is 10.7. The van der Waals surface area contributed by atoms with Crippen molar-refractivity contribution in [2.75, 3.05) is 5.32 Å². The summed E-state index contributed by atoms with van der Waals surface area (Å²) in [6.07, 6.45) is 2.34. The van der Waals surface area contributed by atoms with Crippen molar-refractivity contribution in [1.82, 2.24) is 9.78 Å². The summed E-state index contributed by atoms with van der Waals surface area (Å²) in [5.74, 6) is -1.78. The second-order valence-electron chi connectivity index (χ2n) is 4.50. The zero-order valence-corrected chi connectivity index (χ0v) is 13.0. The topological polar surface area (TPSA) is 46.9 Å². The molecule has 2 aromatic rings. The summed E-state index contributed by atoms with van der Waals surface area (Å²) in [4.78, 5) is 12.0. The van der Waals surface area contributed by atoms with Gasteiger partial charge in [0.15, 0.2) is 11.6 Å². The van der Waals surface area contributed by atoms with Crippen molar-refractivity contribution in [2.24, 2.45) is 0 Å². The SMILES string of the molecule is CCCn1ncc(NCc2ccc(F)c(F)c2)c(Br)c1=O. The van der Waals surface area contributed by atoms with Crippen LogP contribution in [0.5, 0.6) is 0 Å². The van der Waals surface area contributed by atoms with Gasteiger partial charge in [-0.3, -0.25) is 4.79 Å². The molecule has 0 unspecified atom stereocenters. The van der Waals surface area contributed by atoms with Crippen molar-refractivity contribution in [3.63, 3.8) is 0 Å². The Morgan fingerprint density at radius 3 is 2.76 bits per heavy atom. The first-order chi connectivity index (χ1) is 10.0. The highest BCUT2D eigenvalue weighted by Crippen LogP contribution is 2.18. The number of nitrogens with zero attached hydrogens (tertiary/aromatic N) is 2. The maximum atomic E-state index is 13.1. The summed E-state index contributed by atoms with van der Waals surface area (Å²) in [7, 11) is 0. The van der Waals surface area contributed by atoms with Crippen molar-refractivity contribution in [3.8, 4) is 0 Å². The lowest BCUT2D eigenvalue weighted by Crippen LogP contribution is -2.24. The Morgan fingerprint density at radius 2 is 2.10 bits per heavy atom. The smallest absolute Gasteiger partial charge is 0.283 e. The number of hydrogen-bond acceptors (Lipinski definition) is 3. The van der Waals surface area contributed by atoms with E-state index in [0.29, 0.717) is 22.3 Å². The Labute approximate surface area is 128 Å². The standard InChI is InChI=1S/C14H14BrF2N3O/c1-2-5-20-14(21)13(15)12(8-19-20)18-7-9-3-4-10(16)11(17)6-9/h3-4,6,8,18H,2,5,7H2,1H3. The summed E-state index contributed by atoms with van der Waals surface area (Å²) >= 11 is 3.23. The minimum atomic E-state index is -0.898. The number of nitrogens with one attached hydrogen (secondary N) is 1. The molecule has 21 heavy (non-hydrogen) atoms. The van der Waals surface area contributed by atoms with Crippen molar-refractivity contribution in [1.29, 1.82) is 0 Å². The highest BCUT2D eigenvalue weighted by Gasteiger charge is 2.09. The van der Waals surface area contributed by atoms with Crippen LogP contribution in [0.2, 0.25) is 0 Å². The molecule has 0 aliphatic carbocycles. The molecule has 1 aromatic carbocycles. The van der Waals surface area contributed by atoms with E-state index in [0.717, 1.165) is 18.6 Å². The molecule has 1 N–H and O–H groups in total. The third kappa shape index (κ3) is 3.66. The molecular formula is C14H14BrF2N3O. The molecule has 112 valence electrons. The molecule has 4 nitrogen and oxygen atoms in total. The molecule has 0 spiro atoms. The van der Waals surface area contributed by atoms with E-state index < -0.39 is 11.6 Å². The van der Waals surface area contributed by atoms with Crippen LogP contribution in [0.3, 0.4) is 0 Å². The van der Waals surface area contributed by atoms with Gasteiger partial charge >= 0.3 is 0 Å². The lowest BCUT2D eigenvalue weighted by atomic mass is 10.2. The van der Waals surface area contributed by atoms with Crippen LogP contribution in [0.25, 0.3) is 0 Å². The van der Waals surface area contributed by atoms with Gasteiger partial charge in [0.25, 0.3) is 5.56 Å². The number of halogens is 3. The number of benzene rings is 1. The van der Waals surface area contributed by atoms with E-state index in [4.69, 9.17) is 0 Å². The Hall–Kier alpha value is -1.76. The molecular weight excluding hydrogens is 344 g/mol. The van der Waals surface area contributed by atoms with Crippen molar-refractivity contribution >= 4 is 21.6 Å². The monoisotopic (exact) mass is 357 g/mol. The largest absolute Gasteiger partial charge is 0.379 e. The first-order valence-corrected chi connectivity index (χ1v) is 7.25. The van der Waals surface area contributed by atoms with Crippen LogP contribution < -0.4 is 10.9 Å². The molecule has 0 fully saturated rings. The van der Waals surface area contributed by atoms with Crippen LogP contribution in [0, 0.1) is 11.6 Å². The van der Waals surface area contributed by atoms with Gasteiger partial charge in [0.05, 0.1) is 11.9 Å². The Bertz CT molecular complexity index is 703. The molecule has 1 heterocycles. The van der Waals surface area contributed by atoms with Gasteiger partial charge in [0, 0.05) is 13.1 Å². The first-order valence-electron chi connectivity index (χ1n) is 6.46. The average Bonchev–Trinajstić information content (AvgIpc) is 2.47. The minimum Gasteiger partial charge on any atom is -0.379 e. The van der Waals surface area contributed by atoms with Crippen LogP contribution in [-0.2, 0) is 13.1 Å². The molecule has 0 amide bonds. The Balaban J connectivity index is 2.15. The summed E-state index contributed by atoms with van der Waals surface area (Å²) in [6.45, 7) is 2.76. The number of aryl methyl sites for hydroxylation is 1. The van der Waals surface area contributed by atoms with Gasteiger partial charge in [0.2, 0.25) is 0 Å². The minimum absolute atomic E-state index is 0.230. The predicted molar refractivity (Wildman–Crippen MR) is 80.2 cm³/mol. The van der Waals surface area contributed by atoms with Gasteiger partial charge < -0.3 is 5.32 Å². The fourth-order valence-corrected chi connectivity index (χ4v) is 2.25. The summed E-state index contributed by atoms with van der Waals surface area (Å²) in [5.41, 5.74) is 0.850. The van der Waals surface area contributed by atoms with E-state index in [1.54, 1.807) is 0 Å². The van der Waals surface area contributed by atoms with Crippen molar-refractivity contribution in [3.05, 3.63) is 56.4 Å². The third-order valence-corrected chi connectivity index (χ3v) is 3.65. The second-order valence-corrected chi connectivity index (χ2v) is 5.30. The molecule has 0 atom stereocenters. The van der Waals surface area contributed by atoms with E-state index in [2.05, 4.69) is 26.3 Å². The molecule has 2 rings (SSSR count). The summed E-state index contributed by atoms with van der Waals surface area (Å²) in [6, 6.07) is 3.66. The third-order valence-electron chi connectivity index (χ3n) is 2.89. The quantitative estimate of drug-likeness (QED) is 0.892. The van der Waals surface area contributed by atoms with Gasteiger partial charge in [-0.1, -0.05) is 13.0 Å². The van der Waals surface area contributed by atoms with E-state index >= 15 is 0 Å². The number of anilines is 1. The van der Waals surface area contributed by atoms with Gasteiger partial charge in [-0.2, -0.15) is 5.10 Å². The van der Waals surface area contributed by atoms with E-state index in [9.17, 15) is 13.6 Å². The van der Waals surface area contributed by atoms with E-state index in [1.165, 1.54) is 16.9 Å². The first kappa shape index (κ1) is 15.6. The van der Waals surface area contributed by atoms with Gasteiger partial charge in [0.1, 0.15) is 4.47 Å². The fourth-order valence-electron chi connectivity index (χ4n) is 1.81. The molecule has 1 aromatic heterocycles. The Morgan fingerprint density at radius 1 is 1.33 bits per heavy atom. The van der Waals surface area contributed by atoms with E-state index in [1.807, 2.05) is 6.92 Å². The molecule has 0 aliphatic heterocycles. The lowest BCUT2D eigenvalue weighted by Gasteiger charge is -2.10. The maximum Gasteiger partial charge on any atom is 0.283 e. The summed E-state index contributed by atoms with van der Waals surface area (Å²) < 4.78 is 27.7. The highest BCUT2D eigenvalue weighted by atomic mass is 79.9. The van der Waals surface area contributed by atoms with Crippen LogP contribution in [0.1, 0.15) is 18.9 Å². The number of aromatic nitrogens is 2. The Kier molecular flexibility index (Phi) is 5.06. The molecule has 0 aliphatic rings. The lowest BCUT2D eigenvalue weighted by molar-refractivity contribution is 0.507. The maximum absolute atomic E-state index is 13.1. The summed E-state index contributed by atoms with van der Waals surface area (Å²) in [5, 5.41) is 7.02. The van der Waals surface area contributed by atoms with Crippen molar-refractivity contribution < 1.29 is 8.78 Å². The van der Waals surface area contributed by atoms with Crippen LogP contribution >= 0.6 is 15.9 Å². The number of rotatable bonds is 5. The fraction of sp³-hybridized carbons (Fsp3) is 0.286. The molecule has 0 bridgehead atoms. The second kappa shape index (κ2) is 6.80. The van der Waals surface area contributed by atoms with Crippen molar-refractivity contribution in [2.45, 2.75) is 26.4 Å². The predicted octanol–water partition coefficient (Wildman–Crippen LogP) is 3.31. The number of hydrogen-bond donors (Lipinski definition) is 1. The van der Waals surface area contributed by atoms with E-state index in [-0.39, 0.29) is 12.1 Å². The average molecular weight is 358 g/mol. The van der Waals surface area contributed by atoms with Crippen LogP contribution in [-0.4, -0.2) is 9.78 Å². The van der Waals surface area contributed by atoms with Crippen LogP contribution in [0.4, 0.5) is 14.5 Å². The van der Waals surface area contributed by atoms with Gasteiger partial charge in [-0.05, 0) is 40.0 Å². The molecule has 0 radical (unpaired) electrons. The van der Waals surface area contributed by atoms with Gasteiger partial charge in [-0.25, -0.2) is 13.5 Å². The molecule has 7 heteroatoms. The molecule has 0 saturated carbocycles.